The first-order chi connectivity index (χ1) is 8.28. The quantitative estimate of drug-likeness (QED) is 0.811. The molecule has 5 heteroatoms. The first kappa shape index (κ1) is 14.8. The number of rotatable bonds is 4. The predicted octanol–water partition coefficient (Wildman–Crippen LogP) is 2.54. The number of alkyl carbamates (subject to hydrolysis) is 1. The van der Waals surface area contributed by atoms with Crippen LogP contribution in [0.2, 0.25) is 0 Å². The van der Waals surface area contributed by atoms with Gasteiger partial charge in [-0.05, 0) is 46.0 Å². The predicted molar refractivity (Wildman–Crippen MR) is 67.4 cm³/mol. The zero-order valence-corrected chi connectivity index (χ0v) is 11.4. The van der Waals surface area contributed by atoms with Crippen LogP contribution in [0, 0.1) is 5.92 Å². The maximum Gasteiger partial charge on any atom is 0.407 e. The number of carbonyl (C=O) groups is 2. The summed E-state index contributed by atoms with van der Waals surface area (Å²) in [4.78, 5) is 22.2. The van der Waals surface area contributed by atoms with E-state index >= 15 is 0 Å². The molecule has 1 fully saturated rings. The van der Waals surface area contributed by atoms with E-state index in [1.165, 1.54) is 0 Å². The van der Waals surface area contributed by atoms with Gasteiger partial charge in [0.25, 0.3) is 0 Å². The lowest BCUT2D eigenvalue weighted by Crippen LogP contribution is -2.41. The molecule has 0 heterocycles. The Morgan fingerprint density at radius 3 is 2.56 bits per heavy atom. The van der Waals surface area contributed by atoms with E-state index in [9.17, 15) is 9.59 Å². The van der Waals surface area contributed by atoms with E-state index in [1.54, 1.807) is 0 Å². The van der Waals surface area contributed by atoms with Crippen LogP contribution in [0.3, 0.4) is 0 Å². The molecule has 1 aliphatic rings. The van der Waals surface area contributed by atoms with Crippen molar-refractivity contribution < 1.29 is 19.4 Å². The summed E-state index contributed by atoms with van der Waals surface area (Å²) in [5.74, 6) is -0.522. The van der Waals surface area contributed by atoms with E-state index in [4.69, 9.17) is 9.84 Å². The second kappa shape index (κ2) is 6.07. The van der Waals surface area contributed by atoms with Crippen LogP contribution in [0.1, 0.15) is 52.9 Å². The monoisotopic (exact) mass is 257 g/mol. The number of hydrogen-bond donors (Lipinski definition) is 2. The highest BCUT2D eigenvalue weighted by atomic mass is 16.6. The molecule has 0 saturated heterocycles. The van der Waals surface area contributed by atoms with Gasteiger partial charge in [0.05, 0.1) is 0 Å². The van der Waals surface area contributed by atoms with Crippen molar-refractivity contribution in [2.75, 3.05) is 0 Å². The minimum absolute atomic E-state index is 0.0548. The summed E-state index contributed by atoms with van der Waals surface area (Å²) >= 11 is 0. The molecule has 5 nitrogen and oxygen atoms in total. The molecule has 0 aliphatic heterocycles. The second-order valence-electron chi connectivity index (χ2n) is 5.88. The molecule has 0 bridgehead atoms. The van der Waals surface area contributed by atoms with Gasteiger partial charge < -0.3 is 15.2 Å². The summed E-state index contributed by atoms with van der Waals surface area (Å²) in [6.07, 6.45) is 3.30. The third-order valence-electron chi connectivity index (χ3n) is 3.09. The number of carboxylic acids is 1. The van der Waals surface area contributed by atoms with E-state index in [2.05, 4.69) is 5.32 Å². The molecule has 0 radical (unpaired) electrons. The van der Waals surface area contributed by atoms with Crippen molar-refractivity contribution in [1.29, 1.82) is 0 Å². The van der Waals surface area contributed by atoms with Gasteiger partial charge >= 0.3 is 12.1 Å². The van der Waals surface area contributed by atoms with Crippen molar-refractivity contribution in [2.45, 2.75) is 64.5 Å². The van der Waals surface area contributed by atoms with Crippen LogP contribution in [-0.4, -0.2) is 28.8 Å². The van der Waals surface area contributed by atoms with Gasteiger partial charge in [0, 0.05) is 12.5 Å². The van der Waals surface area contributed by atoms with Crippen molar-refractivity contribution >= 4 is 12.1 Å². The molecule has 1 saturated carbocycles. The number of amides is 1. The molecule has 0 unspecified atom stereocenters. The molecular weight excluding hydrogens is 234 g/mol. The fourth-order valence-corrected chi connectivity index (χ4v) is 2.34. The molecule has 104 valence electrons. The van der Waals surface area contributed by atoms with Crippen LogP contribution in [0.4, 0.5) is 4.79 Å². The molecule has 0 aromatic carbocycles. The molecular formula is C13H23NO4. The maximum absolute atomic E-state index is 11.6. The molecule has 18 heavy (non-hydrogen) atoms. The largest absolute Gasteiger partial charge is 0.481 e. The van der Waals surface area contributed by atoms with Crippen molar-refractivity contribution in [1.82, 2.24) is 5.32 Å². The van der Waals surface area contributed by atoms with E-state index in [0.717, 1.165) is 19.3 Å². The Labute approximate surface area is 108 Å². The van der Waals surface area contributed by atoms with Crippen molar-refractivity contribution in [3.05, 3.63) is 0 Å². The summed E-state index contributed by atoms with van der Waals surface area (Å²) in [7, 11) is 0. The summed E-state index contributed by atoms with van der Waals surface area (Å²) in [6, 6.07) is 0.0548. The highest BCUT2D eigenvalue weighted by Gasteiger charge is 2.30. The van der Waals surface area contributed by atoms with Gasteiger partial charge in [-0.1, -0.05) is 6.42 Å². The number of carbonyl (C=O) groups excluding carboxylic acids is 1. The molecule has 1 aliphatic carbocycles. The summed E-state index contributed by atoms with van der Waals surface area (Å²) in [6.45, 7) is 5.47. The topological polar surface area (TPSA) is 75.6 Å². The summed E-state index contributed by atoms with van der Waals surface area (Å²) in [5.41, 5.74) is -0.501. The van der Waals surface area contributed by atoms with E-state index in [-0.39, 0.29) is 18.4 Å². The molecule has 1 amide bonds. The van der Waals surface area contributed by atoms with Gasteiger partial charge in [0.1, 0.15) is 5.60 Å². The van der Waals surface area contributed by atoms with Gasteiger partial charge in [-0.15, -0.1) is 0 Å². The lowest BCUT2D eigenvalue weighted by Gasteiger charge is -2.24. The lowest BCUT2D eigenvalue weighted by atomic mass is 9.98. The zero-order valence-electron chi connectivity index (χ0n) is 11.4. The van der Waals surface area contributed by atoms with Gasteiger partial charge in [-0.2, -0.15) is 0 Å². The van der Waals surface area contributed by atoms with Gasteiger partial charge in [0.2, 0.25) is 0 Å². The molecule has 1 rings (SSSR count). The minimum Gasteiger partial charge on any atom is -0.481 e. The number of nitrogens with one attached hydrogen (secondary N) is 1. The molecule has 0 aromatic rings. The van der Waals surface area contributed by atoms with Crippen LogP contribution >= 0.6 is 0 Å². The third-order valence-corrected chi connectivity index (χ3v) is 3.09. The molecule has 0 aromatic heterocycles. The number of hydrogen-bond acceptors (Lipinski definition) is 3. The average Bonchev–Trinajstić information content (AvgIpc) is 2.59. The molecule has 2 atom stereocenters. The van der Waals surface area contributed by atoms with E-state index < -0.39 is 17.7 Å². The first-order valence-corrected chi connectivity index (χ1v) is 6.49. The fourth-order valence-electron chi connectivity index (χ4n) is 2.34. The Bertz CT molecular complexity index is 309. The third kappa shape index (κ3) is 5.38. The van der Waals surface area contributed by atoms with Crippen molar-refractivity contribution in [3.63, 3.8) is 0 Å². The first-order valence-electron chi connectivity index (χ1n) is 6.49. The number of aliphatic carboxylic acids is 1. The lowest BCUT2D eigenvalue weighted by molar-refractivity contribution is -0.137. The molecule has 2 N–H and O–H groups in total. The SMILES string of the molecule is CC(C)(C)OC(=O)N[C@@H]1CCC[C@H]1CCC(=O)O. The fraction of sp³-hybridized carbons (Fsp3) is 0.846. The summed E-state index contributed by atoms with van der Waals surface area (Å²) < 4.78 is 5.21. The van der Waals surface area contributed by atoms with Gasteiger partial charge in [0.15, 0.2) is 0 Å². The Morgan fingerprint density at radius 2 is 2.00 bits per heavy atom. The second-order valence-corrected chi connectivity index (χ2v) is 5.88. The normalized spacial score (nSPS) is 23.7. The van der Waals surface area contributed by atoms with Crippen LogP contribution in [0.25, 0.3) is 0 Å². The van der Waals surface area contributed by atoms with Crippen LogP contribution in [-0.2, 0) is 9.53 Å². The Balaban J connectivity index is 2.40. The van der Waals surface area contributed by atoms with Gasteiger partial charge in [-0.3, -0.25) is 4.79 Å². The zero-order chi connectivity index (χ0) is 13.8. The molecule has 0 spiro atoms. The van der Waals surface area contributed by atoms with E-state index in [0.29, 0.717) is 6.42 Å². The Kier molecular flexibility index (Phi) is 4.99. The average molecular weight is 257 g/mol. The van der Waals surface area contributed by atoms with E-state index in [1.807, 2.05) is 20.8 Å². The van der Waals surface area contributed by atoms with Crippen LogP contribution < -0.4 is 5.32 Å². The number of carboxylic acid groups (broad SMARTS) is 1. The Hall–Kier alpha value is -1.26. The van der Waals surface area contributed by atoms with Gasteiger partial charge in [-0.25, -0.2) is 4.79 Å². The minimum atomic E-state index is -0.780. The van der Waals surface area contributed by atoms with Crippen LogP contribution in [0.15, 0.2) is 0 Å². The Morgan fingerprint density at radius 1 is 1.33 bits per heavy atom. The number of ether oxygens (including phenoxy) is 1. The highest BCUT2D eigenvalue weighted by molar-refractivity contribution is 5.68. The summed E-state index contributed by atoms with van der Waals surface area (Å²) in [5, 5.41) is 11.5. The maximum atomic E-state index is 11.6. The van der Waals surface area contributed by atoms with Crippen molar-refractivity contribution in [3.8, 4) is 0 Å². The smallest absolute Gasteiger partial charge is 0.407 e. The standard InChI is InChI=1S/C13H23NO4/c1-13(2,3)18-12(17)14-10-6-4-5-9(10)7-8-11(15)16/h9-10H,4-8H2,1-3H3,(H,14,17)(H,15,16)/t9-,10+/m0/s1. The van der Waals surface area contributed by atoms with Crippen molar-refractivity contribution in [2.24, 2.45) is 5.92 Å². The van der Waals surface area contributed by atoms with Crippen LogP contribution in [0.5, 0.6) is 0 Å². The highest BCUT2D eigenvalue weighted by Crippen LogP contribution is 2.29.